The minimum atomic E-state index is -0.102. The van der Waals surface area contributed by atoms with E-state index in [4.69, 9.17) is 4.42 Å². The van der Waals surface area contributed by atoms with Gasteiger partial charge in [0.2, 0.25) is 5.91 Å². The molecule has 1 aromatic heterocycles. The van der Waals surface area contributed by atoms with Gasteiger partial charge >= 0.3 is 0 Å². The number of guanidine groups is 1. The molecule has 3 rings (SSSR count). The van der Waals surface area contributed by atoms with Crippen molar-refractivity contribution in [3.8, 4) is 0 Å². The molecule has 120 valence electrons. The summed E-state index contributed by atoms with van der Waals surface area (Å²) in [5.41, 5.74) is 2.45. The number of anilines is 1. The zero-order chi connectivity index (χ0) is 16.1. The molecule has 0 saturated heterocycles. The molecule has 0 saturated carbocycles. The second kappa shape index (κ2) is 7.00. The number of para-hydroxylation sites is 1. The third-order valence-corrected chi connectivity index (χ3v) is 3.80. The van der Waals surface area contributed by atoms with Crippen LogP contribution in [0.25, 0.3) is 0 Å². The highest BCUT2D eigenvalue weighted by molar-refractivity contribution is 5.99. The van der Waals surface area contributed by atoms with E-state index in [-0.39, 0.29) is 12.5 Å². The number of rotatable bonds is 4. The van der Waals surface area contributed by atoms with Crippen molar-refractivity contribution in [2.45, 2.75) is 13.0 Å². The molecule has 0 aliphatic carbocycles. The zero-order valence-corrected chi connectivity index (χ0v) is 13.1. The lowest BCUT2D eigenvalue weighted by atomic mass is 10.2. The van der Waals surface area contributed by atoms with E-state index in [2.05, 4.69) is 32.7 Å². The maximum atomic E-state index is 11.9. The van der Waals surface area contributed by atoms with Gasteiger partial charge in [0, 0.05) is 19.3 Å². The number of carbonyl (C=O) groups excluding carboxylic acids is 1. The van der Waals surface area contributed by atoms with Gasteiger partial charge in [0.25, 0.3) is 0 Å². The molecule has 2 heterocycles. The number of carbonyl (C=O) groups is 1. The Bertz CT molecular complexity index is 694. The molecule has 1 aliphatic rings. The van der Waals surface area contributed by atoms with Gasteiger partial charge in [-0.3, -0.25) is 9.79 Å². The van der Waals surface area contributed by atoms with Crippen LogP contribution in [0.1, 0.15) is 11.3 Å². The quantitative estimate of drug-likeness (QED) is 0.663. The Morgan fingerprint density at radius 3 is 2.91 bits per heavy atom. The first kappa shape index (κ1) is 15.1. The topological polar surface area (TPSA) is 69.9 Å². The average molecular weight is 312 g/mol. The van der Waals surface area contributed by atoms with Gasteiger partial charge < -0.3 is 20.0 Å². The number of hydrogen-bond acceptors (Lipinski definition) is 3. The molecular formula is C17H20N4O2. The summed E-state index contributed by atoms with van der Waals surface area (Å²) in [6, 6.07) is 11.9. The van der Waals surface area contributed by atoms with E-state index in [0.717, 1.165) is 24.4 Å². The van der Waals surface area contributed by atoms with Crippen LogP contribution in [-0.2, 0) is 17.8 Å². The molecule has 6 nitrogen and oxygen atoms in total. The van der Waals surface area contributed by atoms with Crippen LogP contribution in [0.15, 0.2) is 52.1 Å². The summed E-state index contributed by atoms with van der Waals surface area (Å²) in [4.78, 5) is 18.3. The van der Waals surface area contributed by atoms with Gasteiger partial charge in [-0.25, -0.2) is 0 Å². The van der Waals surface area contributed by atoms with Crippen molar-refractivity contribution in [3.63, 3.8) is 0 Å². The Kier molecular flexibility index (Phi) is 4.61. The first-order valence-corrected chi connectivity index (χ1v) is 7.63. The highest BCUT2D eigenvalue weighted by Crippen LogP contribution is 2.27. The van der Waals surface area contributed by atoms with Crippen molar-refractivity contribution in [2.24, 2.45) is 4.99 Å². The fourth-order valence-electron chi connectivity index (χ4n) is 2.67. The monoisotopic (exact) mass is 312 g/mol. The normalized spacial score (nSPS) is 13.8. The summed E-state index contributed by atoms with van der Waals surface area (Å²) in [6.45, 7) is 1.43. The van der Waals surface area contributed by atoms with Gasteiger partial charge in [-0.2, -0.15) is 0 Å². The van der Waals surface area contributed by atoms with Crippen LogP contribution in [0.2, 0.25) is 0 Å². The molecule has 1 amide bonds. The lowest BCUT2D eigenvalue weighted by Crippen LogP contribution is -2.45. The molecule has 2 N–H and O–H groups in total. The Morgan fingerprint density at radius 1 is 1.26 bits per heavy atom. The lowest BCUT2D eigenvalue weighted by molar-refractivity contribution is -0.120. The van der Waals surface area contributed by atoms with Crippen LogP contribution in [0.3, 0.4) is 0 Å². The van der Waals surface area contributed by atoms with E-state index in [1.807, 2.05) is 18.2 Å². The second-order valence-electron chi connectivity index (χ2n) is 5.29. The van der Waals surface area contributed by atoms with Gasteiger partial charge in [0.05, 0.1) is 19.4 Å². The molecule has 6 heteroatoms. The van der Waals surface area contributed by atoms with Gasteiger partial charge in [0.1, 0.15) is 5.76 Å². The molecule has 0 bridgehead atoms. The predicted molar refractivity (Wildman–Crippen MR) is 89.4 cm³/mol. The first-order chi connectivity index (χ1) is 11.3. The summed E-state index contributed by atoms with van der Waals surface area (Å²) < 4.78 is 5.18. The van der Waals surface area contributed by atoms with E-state index in [0.29, 0.717) is 12.5 Å². The average Bonchev–Trinajstić information content (AvgIpc) is 3.23. The standard InChI is InChI=1S/C17H20N4O2/c1-18-17(21-9-8-13-5-2-3-7-15(13)21)20-12-16(22)19-11-14-6-4-10-23-14/h2-7,10H,8-9,11-12H2,1H3,(H,18,20)(H,19,22). The smallest absolute Gasteiger partial charge is 0.239 e. The van der Waals surface area contributed by atoms with Gasteiger partial charge in [-0.15, -0.1) is 0 Å². The molecule has 1 aliphatic heterocycles. The van der Waals surface area contributed by atoms with E-state index >= 15 is 0 Å². The SMILES string of the molecule is CN=C(NCC(=O)NCc1ccco1)N1CCc2ccccc21. The van der Waals surface area contributed by atoms with Crippen molar-refractivity contribution in [2.75, 3.05) is 25.0 Å². The van der Waals surface area contributed by atoms with Crippen LogP contribution in [-0.4, -0.2) is 32.0 Å². The first-order valence-electron chi connectivity index (χ1n) is 7.63. The Balaban J connectivity index is 1.53. The van der Waals surface area contributed by atoms with Crippen LogP contribution < -0.4 is 15.5 Å². The number of fused-ring (bicyclic) bond motifs is 1. The number of nitrogens with zero attached hydrogens (tertiary/aromatic N) is 2. The summed E-state index contributed by atoms with van der Waals surface area (Å²) in [7, 11) is 1.73. The number of benzene rings is 1. The molecule has 1 aromatic carbocycles. The molecule has 0 spiro atoms. The van der Waals surface area contributed by atoms with E-state index < -0.39 is 0 Å². The Morgan fingerprint density at radius 2 is 2.13 bits per heavy atom. The van der Waals surface area contributed by atoms with Crippen molar-refractivity contribution in [1.29, 1.82) is 0 Å². The van der Waals surface area contributed by atoms with Crippen molar-refractivity contribution in [1.82, 2.24) is 10.6 Å². The summed E-state index contributed by atoms with van der Waals surface area (Å²) in [5.74, 6) is 1.34. The van der Waals surface area contributed by atoms with Gasteiger partial charge in [-0.05, 0) is 30.2 Å². The highest BCUT2D eigenvalue weighted by atomic mass is 16.3. The van der Waals surface area contributed by atoms with Crippen LogP contribution in [0, 0.1) is 0 Å². The number of nitrogens with one attached hydrogen (secondary N) is 2. The van der Waals surface area contributed by atoms with Crippen LogP contribution in [0.4, 0.5) is 5.69 Å². The molecule has 23 heavy (non-hydrogen) atoms. The number of hydrogen-bond donors (Lipinski definition) is 2. The van der Waals surface area contributed by atoms with E-state index in [9.17, 15) is 4.79 Å². The van der Waals surface area contributed by atoms with Crippen LogP contribution >= 0.6 is 0 Å². The van der Waals surface area contributed by atoms with Crippen molar-refractivity contribution < 1.29 is 9.21 Å². The molecule has 0 atom stereocenters. The number of amides is 1. The zero-order valence-electron chi connectivity index (χ0n) is 13.1. The molecule has 0 unspecified atom stereocenters. The van der Waals surface area contributed by atoms with Crippen molar-refractivity contribution in [3.05, 3.63) is 54.0 Å². The second-order valence-corrected chi connectivity index (χ2v) is 5.29. The third kappa shape index (κ3) is 3.53. The fraction of sp³-hybridized carbons (Fsp3) is 0.294. The van der Waals surface area contributed by atoms with Crippen molar-refractivity contribution >= 4 is 17.6 Å². The Hall–Kier alpha value is -2.76. The molecule has 0 fully saturated rings. The maximum absolute atomic E-state index is 11.9. The van der Waals surface area contributed by atoms with Gasteiger partial charge in [0.15, 0.2) is 5.96 Å². The number of furan rings is 1. The van der Waals surface area contributed by atoms with Gasteiger partial charge in [-0.1, -0.05) is 18.2 Å². The minimum Gasteiger partial charge on any atom is -0.467 e. The minimum absolute atomic E-state index is 0.102. The summed E-state index contributed by atoms with van der Waals surface area (Å²) in [5, 5.41) is 5.92. The summed E-state index contributed by atoms with van der Waals surface area (Å²) >= 11 is 0. The van der Waals surface area contributed by atoms with E-state index in [1.165, 1.54) is 5.56 Å². The lowest BCUT2D eigenvalue weighted by Gasteiger charge is -2.22. The largest absolute Gasteiger partial charge is 0.467 e. The number of aliphatic imine (C=N–C) groups is 1. The fourth-order valence-corrected chi connectivity index (χ4v) is 2.67. The van der Waals surface area contributed by atoms with E-state index in [1.54, 1.807) is 19.4 Å². The highest BCUT2D eigenvalue weighted by Gasteiger charge is 2.22. The molecular weight excluding hydrogens is 292 g/mol. The molecule has 0 radical (unpaired) electrons. The predicted octanol–water partition coefficient (Wildman–Crippen LogP) is 1.53. The molecule has 2 aromatic rings. The third-order valence-electron chi connectivity index (χ3n) is 3.80. The summed E-state index contributed by atoms with van der Waals surface area (Å²) in [6.07, 6.45) is 2.58. The van der Waals surface area contributed by atoms with Crippen LogP contribution in [0.5, 0.6) is 0 Å². The Labute approximate surface area is 135 Å². The maximum Gasteiger partial charge on any atom is 0.239 e.